The normalized spacial score (nSPS) is 10.1. The molecule has 0 saturated carbocycles. The maximum Gasteiger partial charge on any atom is 0.323 e. The first-order chi connectivity index (χ1) is 13.4. The van der Waals surface area contributed by atoms with Gasteiger partial charge >= 0.3 is 5.97 Å². The zero-order valence-electron chi connectivity index (χ0n) is 15.8. The van der Waals surface area contributed by atoms with Gasteiger partial charge in [-0.25, -0.2) is 0 Å². The fourth-order valence-corrected chi connectivity index (χ4v) is 2.56. The van der Waals surface area contributed by atoms with Gasteiger partial charge in [-0.2, -0.15) is 0 Å². The van der Waals surface area contributed by atoms with E-state index in [1.165, 1.54) is 12.0 Å². The number of hydrogen-bond donors (Lipinski definition) is 3. The van der Waals surface area contributed by atoms with Crippen LogP contribution in [0, 0.1) is 6.92 Å². The molecule has 8 heteroatoms. The summed E-state index contributed by atoms with van der Waals surface area (Å²) in [7, 11) is 1.50. The van der Waals surface area contributed by atoms with E-state index in [1.807, 2.05) is 13.0 Å². The van der Waals surface area contributed by atoms with E-state index in [-0.39, 0.29) is 19.6 Å². The number of benzene rings is 2. The zero-order chi connectivity index (χ0) is 20.5. The van der Waals surface area contributed by atoms with Gasteiger partial charge < -0.3 is 25.4 Å². The van der Waals surface area contributed by atoms with Crippen LogP contribution in [0.2, 0.25) is 0 Å². The van der Waals surface area contributed by atoms with Crippen molar-refractivity contribution in [1.82, 2.24) is 5.32 Å². The average Bonchev–Trinajstić information content (AvgIpc) is 2.66. The minimum absolute atomic E-state index is 0.183. The van der Waals surface area contributed by atoms with Gasteiger partial charge in [0.1, 0.15) is 12.3 Å². The van der Waals surface area contributed by atoms with Gasteiger partial charge in [-0.1, -0.05) is 24.3 Å². The van der Waals surface area contributed by atoms with Crippen LogP contribution in [-0.2, 0) is 14.4 Å². The lowest BCUT2D eigenvalue weighted by atomic mass is 10.2. The lowest BCUT2D eigenvalue weighted by Crippen LogP contribution is -2.42. The van der Waals surface area contributed by atoms with E-state index in [4.69, 9.17) is 9.84 Å². The van der Waals surface area contributed by atoms with Crippen LogP contribution in [0.4, 0.5) is 11.4 Å². The number of rotatable bonds is 9. The number of carbonyl (C=O) groups excluding carboxylic acids is 2. The van der Waals surface area contributed by atoms with Crippen molar-refractivity contribution in [2.45, 2.75) is 6.92 Å². The molecular weight excluding hydrogens is 362 g/mol. The third-order valence-corrected chi connectivity index (χ3v) is 3.86. The molecule has 0 spiro atoms. The van der Waals surface area contributed by atoms with Crippen LogP contribution in [0.3, 0.4) is 0 Å². The van der Waals surface area contributed by atoms with Gasteiger partial charge in [0.25, 0.3) is 0 Å². The Hall–Kier alpha value is -3.55. The number of aliphatic carboxylic acids is 1. The first kappa shape index (κ1) is 20.8. The molecule has 0 radical (unpaired) electrons. The Kier molecular flexibility index (Phi) is 7.38. The minimum atomic E-state index is -1.05. The van der Waals surface area contributed by atoms with Gasteiger partial charge in [-0.05, 0) is 36.8 Å². The van der Waals surface area contributed by atoms with Gasteiger partial charge in [-0.3, -0.25) is 14.4 Å². The summed E-state index contributed by atoms with van der Waals surface area (Å²) in [6, 6.07) is 14.1. The predicted molar refractivity (Wildman–Crippen MR) is 106 cm³/mol. The van der Waals surface area contributed by atoms with Crippen molar-refractivity contribution in [3.63, 3.8) is 0 Å². The molecule has 0 aliphatic rings. The molecule has 3 N–H and O–H groups in total. The number of carboxylic acids is 1. The van der Waals surface area contributed by atoms with E-state index in [0.29, 0.717) is 17.1 Å². The van der Waals surface area contributed by atoms with Crippen LogP contribution >= 0.6 is 0 Å². The van der Waals surface area contributed by atoms with Crippen LogP contribution in [-0.4, -0.2) is 49.6 Å². The lowest BCUT2D eigenvalue weighted by Gasteiger charge is -2.22. The number of nitrogens with one attached hydrogen (secondary N) is 2. The number of hydrogen-bond acceptors (Lipinski definition) is 5. The quantitative estimate of drug-likeness (QED) is 0.606. The van der Waals surface area contributed by atoms with E-state index in [0.717, 1.165) is 5.56 Å². The van der Waals surface area contributed by atoms with E-state index < -0.39 is 17.8 Å². The molecule has 2 aromatic rings. The largest absolute Gasteiger partial charge is 0.495 e. The number of anilines is 2. The topological polar surface area (TPSA) is 108 Å². The summed E-state index contributed by atoms with van der Waals surface area (Å²) in [4.78, 5) is 36.8. The molecule has 28 heavy (non-hydrogen) atoms. The molecule has 0 aromatic heterocycles. The number of carbonyl (C=O) groups is 3. The Labute approximate surface area is 163 Å². The van der Waals surface area contributed by atoms with Crippen molar-refractivity contribution in [2.75, 3.05) is 37.0 Å². The molecular formula is C20H23N3O5. The number of aryl methyl sites for hydroxylation is 1. The van der Waals surface area contributed by atoms with Crippen molar-refractivity contribution in [1.29, 1.82) is 0 Å². The number of ether oxygens (including phenoxy) is 1. The third kappa shape index (κ3) is 6.31. The first-order valence-electron chi connectivity index (χ1n) is 8.62. The molecule has 2 amide bonds. The van der Waals surface area contributed by atoms with Crippen LogP contribution in [0.25, 0.3) is 0 Å². The molecule has 0 bridgehead atoms. The summed E-state index contributed by atoms with van der Waals surface area (Å²) in [6.45, 7) is 1.13. The van der Waals surface area contributed by atoms with Gasteiger partial charge in [0.05, 0.1) is 25.9 Å². The standard InChI is InChI=1S/C20H23N3O5/c1-14-8-9-17(28-2)16(10-14)22-18(24)11-21-19(25)12-23(13-20(26)27)15-6-4-3-5-7-15/h3-10H,11-13H2,1-2H3,(H,21,25)(H,22,24)(H,26,27). The molecule has 0 saturated heterocycles. The Morgan fingerprint density at radius 1 is 1.04 bits per heavy atom. The molecule has 0 fully saturated rings. The van der Waals surface area contributed by atoms with Crippen LogP contribution in [0.15, 0.2) is 48.5 Å². The molecule has 2 rings (SSSR count). The monoisotopic (exact) mass is 385 g/mol. The summed E-state index contributed by atoms with van der Waals surface area (Å²) in [5.41, 5.74) is 2.07. The number of methoxy groups -OCH3 is 1. The predicted octanol–water partition coefficient (Wildman–Crippen LogP) is 1.65. The maximum atomic E-state index is 12.2. The lowest BCUT2D eigenvalue weighted by molar-refractivity contribution is -0.135. The first-order valence-corrected chi connectivity index (χ1v) is 8.62. The summed E-state index contributed by atoms with van der Waals surface area (Å²) >= 11 is 0. The SMILES string of the molecule is COc1ccc(C)cc1NC(=O)CNC(=O)CN(CC(=O)O)c1ccccc1. The van der Waals surface area contributed by atoms with E-state index >= 15 is 0 Å². The molecule has 8 nitrogen and oxygen atoms in total. The van der Waals surface area contributed by atoms with Crippen LogP contribution in [0.5, 0.6) is 5.75 Å². The number of carboxylic acid groups (broad SMARTS) is 1. The van der Waals surface area contributed by atoms with Crippen molar-refractivity contribution in [3.05, 3.63) is 54.1 Å². The smallest absolute Gasteiger partial charge is 0.323 e. The maximum absolute atomic E-state index is 12.2. The summed E-state index contributed by atoms with van der Waals surface area (Å²) < 4.78 is 5.20. The van der Waals surface area contributed by atoms with Gasteiger partial charge in [0.15, 0.2) is 0 Å². The van der Waals surface area contributed by atoms with E-state index in [9.17, 15) is 14.4 Å². The average molecular weight is 385 g/mol. The second kappa shape index (κ2) is 9.96. The third-order valence-electron chi connectivity index (χ3n) is 3.86. The highest BCUT2D eigenvalue weighted by atomic mass is 16.5. The highest BCUT2D eigenvalue weighted by molar-refractivity contribution is 5.96. The second-order valence-corrected chi connectivity index (χ2v) is 6.11. The second-order valence-electron chi connectivity index (χ2n) is 6.11. The van der Waals surface area contributed by atoms with E-state index in [2.05, 4.69) is 10.6 Å². The Bertz CT molecular complexity index is 839. The number of para-hydroxylation sites is 1. The van der Waals surface area contributed by atoms with Crippen LogP contribution < -0.4 is 20.3 Å². The zero-order valence-corrected chi connectivity index (χ0v) is 15.8. The highest BCUT2D eigenvalue weighted by Gasteiger charge is 2.16. The Morgan fingerprint density at radius 2 is 1.75 bits per heavy atom. The Morgan fingerprint density at radius 3 is 2.39 bits per heavy atom. The molecule has 0 aliphatic carbocycles. The molecule has 0 atom stereocenters. The van der Waals surface area contributed by atoms with Crippen molar-refractivity contribution in [2.24, 2.45) is 0 Å². The number of nitrogens with zero attached hydrogens (tertiary/aromatic N) is 1. The molecule has 0 heterocycles. The fourth-order valence-electron chi connectivity index (χ4n) is 2.56. The molecule has 2 aromatic carbocycles. The van der Waals surface area contributed by atoms with Crippen molar-refractivity contribution < 1.29 is 24.2 Å². The molecule has 0 unspecified atom stereocenters. The number of amides is 2. The van der Waals surface area contributed by atoms with Crippen LogP contribution in [0.1, 0.15) is 5.56 Å². The van der Waals surface area contributed by atoms with Crippen molar-refractivity contribution >= 4 is 29.2 Å². The van der Waals surface area contributed by atoms with Gasteiger partial charge in [-0.15, -0.1) is 0 Å². The summed E-state index contributed by atoms with van der Waals surface area (Å²) in [5.74, 6) is -1.42. The fraction of sp³-hybridized carbons (Fsp3) is 0.250. The summed E-state index contributed by atoms with van der Waals surface area (Å²) in [6.07, 6.45) is 0. The molecule has 0 aliphatic heterocycles. The van der Waals surface area contributed by atoms with E-state index in [1.54, 1.807) is 42.5 Å². The van der Waals surface area contributed by atoms with Gasteiger partial charge in [0.2, 0.25) is 11.8 Å². The van der Waals surface area contributed by atoms with Crippen molar-refractivity contribution in [3.8, 4) is 5.75 Å². The van der Waals surface area contributed by atoms with Gasteiger partial charge in [0, 0.05) is 5.69 Å². The Balaban J connectivity index is 1.92. The highest BCUT2D eigenvalue weighted by Crippen LogP contribution is 2.24. The summed E-state index contributed by atoms with van der Waals surface area (Å²) in [5, 5.41) is 14.3. The minimum Gasteiger partial charge on any atom is -0.495 e. The molecule has 148 valence electrons.